The maximum Gasteiger partial charge on any atom is 0.339 e. The Bertz CT molecular complexity index is 575. The summed E-state index contributed by atoms with van der Waals surface area (Å²) >= 11 is 0. The van der Waals surface area contributed by atoms with Crippen molar-refractivity contribution in [3.05, 3.63) is 17.5 Å². The van der Waals surface area contributed by atoms with Crippen molar-refractivity contribution < 1.29 is 14.4 Å². The van der Waals surface area contributed by atoms with Crippen LogP contribution in [0.15, 0.2) is 10.7 Å². The van der Waals surface area contributed by atoms with E-state index in [4.69, 9.17) is 15.4 Å². The molecule has 0 saturated carbocycles. The second-order valence-corrected chi connectivity index (χ2v) is 4.30. The number of nitrogens with two attached hydrogens (primary N) is 1. The predicted octanol–water partition coefficient (Wildman–Crippen LogP) is 1.70. The minimum absolute atomic E-state index is 0.0225. The van der Waals surface area contributed by atoms with E-state index in [2.05, 4.69) is 10.1 Å². The van der Waals surface area contributed by atoms with Crippen molar-refractivity contribution in [2.45, 2.75) is 20.3 Å². The van der Waals surface area contributed by atoms with Crippen LogP contribution >= 0.6 is 0 Å². The van der Waals surface area contributed by atoms with Crippen LogP contribution in [-0.2, 0) is 6.42 Å². The Morgan fingerprint density at radius 3 is 2.88 bits per heavy atom. The van der Waals surface area contributed by atoms with Crippen molar-refractivity contribution in [3.63, 3.8) is 0 Å². The Balaban J connectivity index is 2.64. The number of rotatable bonds is 3. The van der Waals surface area contributed by atoms with Crippen LogP contribution < -0.4 is 5.73 Å². The Kier molecular flexibility index (Phi) is 2.71. The van der Waals surface area contributed by atoms with Gasteiger partial charge in [-0.05, 0) is 12.3 Å². The van der Waals surface area contributed by atoms with Gasteiger partial charge in [-0.3, -0.25) is 0 Å². The average Bonchev–Trinajstić information content (AvgIpc) is 2.61. The number of carbonyl (C=O) groups is 1. The molecule has 0 amide bonds. The molecule has 2 aromatic heterocycles. The lowest BCUT2D eigenvalue weighted by Crippen LogP contribution is -2.05. The molecule has 2 aromatic rings. The lowest BCUT2D eigenvalue weighted by molar-refractivity contribution is 0.0698. The summed E-state index contributed by atoms with van der Waals surface area (Å²) in [6.07, 6.45) is 1.85. The molecule has 3 N–H and O–H groups in total. The molecule has 0 aliphatic rings. The molecule has 0 aromatic carbocycles. The maximum atomic E-state index is 10.9. The summed E-state index contributed by atoms with van der Waals surface area (Å²) in [4.78, 5) is 14.9. The molecule has 0 fully saturated rings. The van der Waals surface area contributed by atoms with Crippen molar-refractivity contribution in [2.24, 2.45) is 5.92 Å². The number of nitrogen functional groups attached to an aromatic ring is 1. The lowest BCUT2D eigenvalue weighted by atomic mass is 10.0. The van der Waals surface area contributed by atoms with E-state index in [9.17, 15) is 4.79 Å². The molecular weight excluding hydrogens is 222 g/mol. The normalized spacial score (nSPS) is 11.2. The van der Waals surface area contributed by atoms with E-state index in [-0.39, 0.29) is 17.0 Å². The summed E-state index contributed by atoms with van der Waals surface area (Å²) in [6, 6.07) is 0. The Hall–Kier alpha value is -2.11. The van der Waals surface area contributed by atoms with Crippen molar-refractivity contribution in [3.8, 4) is 0 Å². The highest BCUT2D eigenvalue weighted by Gasteiger charge is 2.19. The monoisotopic (exact) mass is 235 g/mol. The number of nitrogens with zero attached hydrogens (tertiary/aromatic N) is 2. The van der Waals surface area contributed by atoms with Crippen LogP contribution in [0.5, 0.6) is 0 Å². The van der Waals surface area contributed by atoms with Gasteiger partial charge >= 0.3 is 5.97 Å². The van der Waals surface area contributed by atoms with Crippen LogP contribution in [0, 0.1) is 5.92 Å². The third-order valence-corrected chi connectivity index (χ3v) is 2.45. The number of carboxylic acids is 1. The van der Waals surface area contributed by atoms with Gasteiger partial charge in [0.25, 0.3) is 5.71 Å². The molecule has 6 nitrogen and oxygen atoms in total. The highest BCUT2D eigenvalue weighted by molar-refractivity contribution is 6.02. The van der Waals surface area contributed by atoms with Crippen molar-refractivity contribution >= 4 is 22.8 Å². The van der Waals surface area contributed by atoms with E-state index in [0.29, 0.717) is 23.4 Å². The number of aromatic carboxylic acids is 1. The predicted molar refractivity (Wildman–Crippen MR) is 61.7 cm³/mol. The highest BCUT2D eigenvalue weighted by atomic mass is 16.5. The SMILES string of the molecule is CC(C)Cc1noc2ncc(C(=O)O)c(N)c12. The van der Waals surface area contributed by atoms with Crippen LogP contribution in [-0.4, -0.2) is 21.2 Å². The van der Waals surface area contributed by atoms with E-state index >= 15 is 0 Å². The van der Waals surface area contributed by atoms with Gasteiger partial charge in [-0.2, -0.15) is 0 Å². The Labute approximate surface area is 97.4 Å². The van der Waals surface area contributed by atoms with Gasteiger partial charge in [0.1, 0.15) is 5.56 Å². The standard InChI is InChI=1S/C11H13N3O3/c1-5(2)3-7-8-9(12)6(11(15)16)4-13-10(8)17-14-7/h4-5H,3H2,1-2H3,(H2,12,13)(H,15,16). The third kappa shape index (κ3) is 1.93. The second kappa shape index (κ2) is 4.04. The van der Waals surface area contributed by atoms with Gasteiger partial charge < -0.3 is 15.4 Å². The van der Waals surface area contributed by atoms with Crippen molar-refractivity contribution in [1.82, 2.24) is 10.1 Å². The summed E-state index contributed by atoms with van der Waals surface area (Å²) in [5.74, 6) is -0.732. The molecule has 2 rings (SSSR count). The first-order chi connectivity index (χ1) is 8.00. The average molecular weight is 235 g/mol. The molecular formula is C11H13N3O3. The second-order valence-electron chi connectivity index (χ2n) is 4.30. The van der Waals surface area contributed by atoms with Gasteiger partial charge in [-0.15, -0.1) is 0 Å². The van der Waals surface area contributed by atoms with Gasteiger partial charge in [0.05, 0.1) is 16.8 Å². The van der Waals surface area contributed by atoms with E-state index < -0.39 is 5.97 Å². The first-order valence-electron chi connectivity index (χ1n) is 5.26. The molecule has 17 heavy (non-hydrogen) atoms. The van der Waals surface area contributed by atoms with Crippen molar-refractivity contribution in [1.29, 1.82) is 0 Å². The number of fused-ring (bicyclic) bond motifs is 1. The summed E-state index contributed by atoms with van der Waals surface area (Å²) in [5.41, 5.74) is 6.90. The van der Waals surface area contributed by atoms with Crippen LogP contribution in [0.1, 0.15) is 29.9 Å². The molecule has 0 unspecified atom stereocenters. The molecule has 0 aliphatic heterocycles. The molecule has 2 heterocycles. The van der Waals surface area contributed by atoms with Crippen molar-refractivity contribution in [2.75, 3.05) is 5.73 Å². The van der Waals surface area contributed by atoms with Gasteiger partial charge in [-0.1, -0.05) is 19.0 Å². The lowest BCUT2D eigenvalue weighted by Gasteiger charge is -2.03. The van der Waals surface area contributed by atoms with Crippen LogP contribution in [0.3, 0.4) is 0 Å². The molecule has 0 bridgehead atoms. The van der Waals surface area contributed by atoms with Gasteiger partial charge in [0, 0.05) is 6.20 Å². The van der Waals surface area contributed by atoms with Crippen LogP contribution in [0.4, 0.5) is 5.69 Å². The number of carboxylic acid groups (broad SMARTS) is 1. The number of aromatic nitrogens is 2. The van der Waals surface area contributed by atoms with Crippen LogP contribution in [0.2, 0.25) is 0 Å². The van der Waals surface area contributed by atoms with Gasteiger partial charge in [-0.25, -0.2) is 9.78 Å². The summed E-state index contributed by atoms with van der Waals surface area (Å²) in [7, 11) is 0. The van der Waals surface area contributed by atoms with Gasteiger partial charge in [0.15, 0.2) is 0 Å². The summed E-state index contributed by atoms with van der Waals surface area (Å²) in [6.45, 7) is 4.07. The minimum atomic E-state index is -1.10. The molecule has 6 heteroatoms. The number of hydrogen-bond acceptors (Lipinski definition) is 5. The zero-order valence-corrected chi connectivity index (χ0v) is 9.60. The molecule has 0 atom stereocenters. The number of anilines is 1. The zero-order chi connectivity index (χ0) is 12.6. The first-order valence-corrected chi connectivity index (χ1v) is 5.26. The molecule has 0 aliphatic carbocycles. The molecule has 0 saturated heterocycles. The number of pyridine rings is 1. The highest BCUT2D eigenvalue weighted by Crippen LogP contribution is 2.27. The molecule has 0 spiro atoms. The molecule has 0 radical (unpaired) electrons. The quantitative estimate of drug-likeness (QED) is 0.839. The maximum absolute atomic E-state index is 10.9. The van der Waals surface area contributed by atoms with E-state index in [1.165, 1.54) is 6.20 Å². The Morgan fingerprint density at radius 2 is 2.29 bits per heavy atom. The summed E-state index contributed by atoms with van der Waals surface area (Å²) < 4.78 is 5.03. The van der Waals surface area contributed by atoms with Crippen LogP contribution in [0.25, 0.3) is 11.1 Å². The fourth-order valence-electron chi connectivity index (χ4n) is 1.70. The Morgan fingerprint density at radius 1 is 1.59 bits per heavy atom. The molecule has 90 valence electrons. The van der Waals surface area contributed by atoms with Gasteiger partial charge in [0.2, 0.25) is 0 Å². The fourth-order valence-corrected chi connectivity index (χ4v) is 1.70. The van der Waals surface area contributed by atoms with E-state index in [1.54, 1.807) is 0 Å². The summed E-state index contributed by atoms with van der Waals surface area (Å²) in [5, 5.41) is 13.4. The zero-order valence-electron chi connectivity index (χ0n) is 9.60. The topological polar surface area (TPSA) is 102 Å². The fraction of sp³-hybridized carbons (Fsp3) is 0.364. The van der Waals surface area contributed by atoms with E-state index in [1.807, 2.05) is 13.8 Å². The number of hydrogen-bond donors (Lipinski definition) is 2. The first kappa shape index (κ1) is 11.4. The van der Waals surface area contributed by atoms with E-state index in [0.717, 1.165) is 0 Å². The largest absolute Gasteiger partial charge is 0.478 e. The minimum Gasteiger partial charge on any atom is -0.478 e. The third-order valence-electron chi connectivity index (χ3n) is 2.45. The smallest absolute Gasteiger partial charge is 0.339 e.